The van der Waals surface area contributed by atoms with Gasteiger partial charge in [0.25, 0.3) is 0 Å². The van der Waals surface area contributed by atoms with Gasteiger partial charge in [0.15, 0.2) is 0 Å². The molecule has 2 rings (SSSR count). The van der Waals surface area contributed by atoms with Gasteiger partial charge in [0.05, 0.1) is 0 Å². The van der Waals surface area contributed by atoms with Gasteiger partial charge in [-0.2, -0.15) is 0 Å². The van der Waals surface area contributed by atoms with Crippen LogP contribution in [0.1, 0.15) is 19.3 Å². The minimum atomic E-state index is 0.274. The molecule has 2 atom stereocenters. The van der Waals surface area contributed by atoms with E-state index in [1.807, 2.05) is 0 Å². The third kappa shape index (κ3) is 1.97. The lowest BCUT2D eigenvalue weighted by molar-refractivity contribution is 0.222. The zero-order valence-corrected chi connectivity index (χ0v) is 8.13. The SMILES string of the molecule is OC[C@@H]1CCC[C@@H]1Nc1nncs1. The molecule has 5 heteroatoms. The monoisotopic (exact) mass is 199 g/mol. The molecule has 1 aromatic heterocycles. The summed E-state index contributed by atoms with van der Waals surface area (Å²) in [6.45, 7) is 0.274. The van der Waals surface area contributed by atoms with Crippen molar-refractivity contribution < 1.29 is 5.11 Å². The van der Waals surface area contributed by atoms with Crippen LogP contribution in [0, 0.1) is 5.92 Å². The van der Waals surface area contributed by atoms with Crippen molar-refractivity contribution >= 4 is 16.5 Å². The predicted molar refractivity (Wildman–Crippen MR) is 51.7 cm³/mol. The second-order valence-electron chi connectivity index (χ2n) is 3.37. The lowest BCUT2D eigenvalue weighted by atomic mass is 10.1. The molecule has 1 aliphatic carbocycles. The van der Waals surface area contributed by atoms with Gasteiger partial charge in [0, 0.05) is 18.6 Å². The molecule has 0 amide bonds. The Hall–Kier alpha value is -0.680. The second kappa shape index (κ2) is 4.02. The van der Waals surface area contributed by atoms with Crippen LogP contribution in [-0.2, 0) is 0 Å². The number of hydrogen-bond donors (Lipinski definition) is 2. The second-order valence-corrected chi connectivity index (χ2v) is 4.20. The van der Waals surface area contributed by atoms with Crippen LogP contribution >= 0.6 is 11.3 Å². The predicted octanol–water partition coefficient (Wildman–Crippen LogP) is 1.11. The molecule has 0 saturated heterocycles. The molecule has 2 N–H and O–H groups in total. The number of anilines is 1. The molecule has 0 unspecified atom stereocenters. The summed E-state index contributed by atoms with van der Waals surface area (Å²) in [7, 11) is 0. The lowest BCUT2D eigenvalue weighted by Gasteiger charge is -2.17. The van der Waals surface area contributed by atoms with Crippen molar-refractivity contribution in [2.45, 2.75) is 25.3 Å². The van der Waals surface area contributed by atoms with Crippen LogP contribution in [0.15, 0.2) is 5.51 Å². The van der Waals surface area contributed by atoms with E-state index in [2.05, 4.69) is 15.5 Å². The maximum absolute atomic E-state index is 9.09. The maximum Gasteiger partial charge on any atom is 0.205 e. The Kier molecular flexibility index (Phi) is 2.75. The normalized spacial score (nSPS) is 27.8. The lowest BCUT2D eigenvalue weighted by Crippen LogP contribution is -2.26. The van der Waals surface area contributed by atoms with Gasteiger partial charge in [-0.1, -0.05) is 17.8 Å². The summed E-state index contributed by atoms with van der Waals surface area (Å²) in [5.74, 6) is 0.392. The van der Waals surface area contributed by atoms with E-state index < -0.39 is 0 Å². The summed E-state index contributed by atoms with van der Waals surface area (Å²) in [5, 5.41) is 20.9. The van der Waals surface area contributed by atoms with E-state index >= 15 is 0 Å². The van der Waals surface area contributed by atoms with E-state index in [-0.39, 0.29) is 6.61 Å². The van der Waals surface area contributed by atoms with Gasteiger partial charge >= 0.3 is 0 Å². The standard InChI is InChI=1S/C8H13N3OS/c12-4-6-2-1-3-7(6)10-8-11-9-5-13-8/h5-7,12H,1-4H2,(H,10,11)/t6-,7-/m0/s1. The number of aliphatic hydroxyl groups is 1. The number of rotatable bonds is 3. The zero-order chi connectivity index (χ0) is 9.10. The molecule has 1 saturated carbocycles. The van der Waals surface area contributed by atoms with Crippen molar-refractivity contribution in [2.24, 2.45) is 5.92 Å². The maximum atomic E-state index is 9.09. The van der Waals surface area contributed by atoms with E-state index in [9.17, 15) is 0 Å². The molecule has 13 heavy (non-hydrogen) atoms. The van der Waals surface area contributed by atoms with Gasteiger partial charge in [-0.15, -0.1) is 10.2 Å². The molecule has 1 fully saturated rings. The number of aromatic nitrogens is 2. The summed E-state index contributed by atoms with van der Waals surface area (Å²) in [6.07, 6.45) is 3.44. The molecule has 1 aromatic rings. The zero-order valence-electron chi connectivity index (χ0n) is 7.31. The highest BCUT2D eigenvalue weighted by Gasteiger charge is 2.26. The first-order valence-corrected chi connectivity index (χ1v) is 5.41. The van der Waals surface area contributed by atoms with Crippen molar-refractivity contribution in [3.63, 3.8) is 0 Å². The molecule has 0 bridgehead atoms. The summed E-state index contributed by atoms with van der Waals surface area (Å²) in [5.41, 5.74) is 1.71. The van der Waals surface area contributed by atoms with Crippen LogP contribution in [0.3, 0.4) is 0 Å². The Bertz CT molecular complexity index is 252. The first-order chi connectivity index (χ1) is 6.40. The van der Waals surface area contributed by atoms with Gasteiger partial charge in [0.2, 0.25) is 5.13 Å². The van der Waals surface area contributed by atoms with Crippen molar-refractivity contribution in [1.82, 2.24) is 10.2 Å². The molecule has 1 heterocycles. The summed E-state index contributed by atoms with van der Waals surface area (Å²) in [6, 6.07) is 0.387. The molecule has 0 spiro atoms. The summed E-state index contributed by atoms with van der Waals surface area (Å²) in [4.78, 5) is 0. The van der Waals surface area contributed by atoms with Crippen LogP contribution in [0.4, 0.5) is 5.13 Å². The summed E-state index contributed by atoms with van der Waals surface area (Å²) >= 11 is 1.51. The Labute approximate surface area is 81.0 Å². The summed E-state index contributed by atoms with van der Waals surface area (Å²) < 4.78 is 0. The molecule has 0 aliphatic heterocycles. The van der Waals surface area contributed by atoms with Crippen molar-refractivity contribution in [1.29, 1.82) is 0 Å². The van der Waals surface area contributed by atoms with Crippen molar-refractivity contribution in [2.75, 3.05) is 11.9 Å². The van der Waals surface area contributed by atoms with Gasteiger partial charge in [-0.3, -0.25) is 0 Å². The van der Waals surface area contributed by atoms with Crippen molar-refractivity contribution in [3.05, 3.63) is 5.51 Å². The highest BCUT2D eigenvalue weighted by atomic mass is 32.1. The topological polar surface area (TPSA) is 58.0 Å². The number of nitrogens with one attached hydrogen (secondary N) is 1. The fourth-order valence-electron chi connectivity index (χ4n) is 1.84. The van der Waals surface area contributed by atoms with Crippen LogP contribution in [0.25, 0.3) is 0 Å². The average molecular weight is 199 g/mol. The quantitative estimate of drug-likeness (QED) is 0.765. The molecule has 0 radical (unpaired) electrons. The largest absolute Gasteiger partial charge is 0.396 e. The third-order valence-corrected chi connectivity index (χ3v) is 3.18. The van der Waals surface area contributed by atoms with Crippen LogP contribution in [0.2, 0.25) is 0 Å². The fourth-order valence-corrected chi connectivity index (χ4v) is 2.35. The highest BCUT2D eigenvalue weighted by molar-refractivity contribution is 7.13. The Balaban J connectivity index is 1.94. The number of aliphatic hydroxyl groups excluding tert-OH is 1. The molecular weight excluding hydrogens is 186 g/mol. The third-order valence-electron chi connectivity index (χ3n) is 2.56. The molecule has 4 nitrogen and oxygen atoms in total. The Morgan fingerprint density at radius 3 is 3.23 bits per heavy atom. The van der Waals surface area contributed by atoms with E-state index in [4.69, 9.17) is 5.11 Å². The molecule has 0 aromatic carbocycles. The number of nitrogens with zero attached hydrogens (tertiary/aromatic N) is 2. The Morgan fingerprint density at radius 2 is 2.54 bits per heavy atom. The molecular formula is C8H13N3OS. The first kappa shape index (κ1) is 8.90. The van der Waals surface area contributed by atoms with E-state index in [0.29, 0.717) is 12.0 Å². The van der Waals surface area contributed by atoms with Gasteiger partial charge in [-0.25, -0.2) is 0 Å². The van der Waals surface area contributed by atoms with Crippen LogP contribution in [0.5, 0.6) is 0 Å². The highest BCUT2D eigenvalue weighted by Crippen LogP contribution is 2.28. The van der Waals surface area contributed by atoms with Crippen LogP contribution in [-0.4, -0.2) is 28.0 Å². The fraction of sp³-hybridized carbons (Fsp3) is 0.750. The van der Waals surface area contributed by atoms with Crippen molar-refractivity contribution in [3.8, 4) is 0 Å². The van der Waals surface area contributed by atoms with Gasteiger partial charge in [0.1, 0.15) is 5.51 Å². The minimum absolute atomic E-state index is 0.274. The smallest absolute Gasteiger partial charge is 0.205 e. The Morgan fingerprint density at radius 1 is 1.62 bits per heavy atom. The molecule has 72 valence electrons. The van der Waals surface area contributed by atoms with E-state index in [0.717, 1.165) is 18.0 Å². The number of hydrogen-bond acceptors (Lipinski definition) is 5. The van der Waals surface area contributed by atoms with E-state index in [1.54, 1.807) is 5.51 Å². The van der Waals surface area contributed by atoms with Crippen LogP contribution < -0.4 is 5.32 Å². The average Bonchev–Trinajstić information content (AvgIpc) is 2.76. The minimum Gasteiger partial charge on any atom is -0.396 e. The molecule has 1 aliphatic rings. The van der Waals surface area contributed by atoms with E-state index in [1.165, 1.54) is 17.8 Å². The first-order valence-electron chi connectivity index (χ1n) is 4.53. The van der Waals surface area contributed by atoms with Gasteiger partial charge < -0.3 is 10.4 Å². The van der Waals surface area contributed by atoms with Gasteiger partial charge in [-0.05, 0) is 12.8 Å².